The van der Waals surface area contributed by atoms with Gasteiger partial charge in [-0.15, -0.1) is 0 Å². The van der Waals surface area contributed by atoms with Gasteiger partial charge in [0.1, 0.15) is 19.3 Å². The van der Waals surface area contributed by atoms with Crippen LogP contribution in [0.5, 0.6) is 0 Å². The van der Waals surface area contributed by atoms with Gasteiger partial charge in [0.15, 0.2) is 5.82 Å². The molecule has 1 aromatic heterocycles. The van der Waals surface area contributed by atoms with Gasteiger partial charge in [-0.1, -0.05) is 5.16 Å². The number of hydrogen-bond donors (Lipinski definition) is 1. The number of hydrogen-bond acceptors (Lipinski definition) is 5. The van der Waals surface area contributed by atoms with Crippen molar-refractivity contribution >= 4 is 0 Å². The second kappa shape index (κ2) is 6.05. The Kier molecular flexibility index (Phi) is 4.96. The Bertz CT molecular complexity index is 368. The van der Waals surface area contributed by atoms with Gasteiger partial charge in [-0.2, -0.15) is 18.2 Å². The van der Waals surface area contributed by atoms with Crippen molar-refractivity contribution < 1.29 is 36.3 Å². The summed E-state index contributed by atoms with van der Waals surface area (Å²) in [5.41, 5.74) is 0. The maximum Gasteiger partial charge on any atom is 0.411 e. The summed E-state index contributed by atoms with van der Waals surface area (Å²) >= 11 is 0. The number of aliphatic hydroxyl groups excluding tert-OH is 1. The molecule has 1 heterocycles. The summed E-state index contributed by atoms with van der Waals surface area (Å²) in [5, 5.41) is 12.0. The van der Waals surface area contributed by atoms with Gasteiger partial charge in [0.05, 0.1) is 6.42 Å². The molecule has 1 atom stereocenters. The fraction of sp³-hybridized carbons (Fsp3) is 0.750. The van der Waals surface area contributed by atoms with Gasteiger partial charge in [-0.3, -0.25) is 0 Å². The molecule has 1 N–H and O–H groups in total. The highest BCUT2D eigenvalue weighted by Gasteiger charge is 2.27. The number of aliphatic hydroxyl groups is 1. The lowest BCUT2D eigenvalue weighted by atomic mass is 10.2. The average molecular weight is 276 g/mol. The van der Waals surface area contributed by atoms with Gasteiger partial charge in [-0.05, 0) is 0 Å². The topological polar surface area (TPSA) is 68.4 Å². The molecule has 0 aliphatic rings. The number of alkyl halides is 5. The first-order valence-electron chi connectivity index (χ1n) is 4.70. The van der Waals surface area contributed by atoms with E-state index in [2.05, 4.69) is 19.4 Å². The Balaban J connectivity index is 2.39. The van der Waals surface area contributed by atoms with Crippen LogP contribution in [0.25, 0.3) is 0 Å². The monoisotopic (exact) mass is 276 g/mol. The summed E-state index contributed by atoms with van der Waals surface area (Å²) < 4.78 is 67.8. The van der Waals surface area contributed by atoms with Crippen LogP contribution in [-0.2, 0) is 17.8 Å². The van der Waals surface area contributed by atoms with E-state index >= 15 is 0 Å². The van der Waals surface area contributed by atoms with Crippen LogP contribution in [0.2, 0.25) is 0 Å². The molecule has 1 aromatic rings. The van der Waals surface area contributed by atoms with E-state index in [0.717, 1.165) is 0 Å². The van der Waals surface area contributed by atoms with Crippen molar-refractivity contribution in [1.29, 1.82) is 0 Å². The largest absolute Gasteiger partial charge is 0.411 e. The van der Waals surface area contributed by atoms with Gasteiger partial charge in [0.2, 0.25) is 5.89 Å². The van der Waals surface area contributed by atoms with Gasteiger partial charge >= 0.3 is 6.18 Å². The van der Waals surface area contributed by atoms with Crippen molar-refractivity contribution in [3.63, 3.8) is 0 Å². The highest BCUT2D eigenvalue weighted by molar-refractivity contribution is 4.87. The molecule has 0 aliphatic carbocycles. The Hall–Kier alpha value is -1.29. The molecule has 1 unspecified atom stereocenters. The van der Waals surface area contributed by atoms with Crippen LogP contribution in [0.1, 0.15) is 11.7 Å². The zero-order valence-corrected chi connectivity index (χ0v) is 8.82. The quantitative estimate of drug-likeness (QED) is 0.793. The third-order valence-electron chi connectivity index (χ3n) is 1.68. The normalized spacial score (nSPS) is 14.2. The molecule has 0 radical (unpaired) electrons. The van der Waals surface area contributed by atoms with E-state index in [-0.39, 0.29) is 11.7 Å². The fourth-order valence-electron chi connectivity index (χ4n) is 0.958. The summed E-state index contributed by atoms with van der Waals surface area (Å²) in [4.78, 5) is 3.49. The average Bonchev–Trinajstić information content (AvgIpc) is 2.63. The molecule has 18 heavy (non-hydrogen) atoms. The first kappa shape index (κ1) is 14.8. The minimum Gasteiger partial charge on any atom is -0.387 e. The maximum absolute atomic E-state index is 12.0. The lowest BCUT2D eigenvalue weighted by molar-refractivity contribution is -0.177. The van der Waals surface area contributed by atoms with E-state index in [0.29, 0.717) is 0 Å². The molecule has 1 rings (SSSR count). The van der Waals surface area contributed by atoms with Gasteiger partial charge in [0.25, 0.3) is 6.43 Å². The van der Waals surface area contributed by atoms with Crippen molar-refractivity contribution in [2.45, 2.75) is 31.7 Å². The number of halogens is 5. The fourth-order valence-corrected chi connectivity index (χ4v) is 0.958. The summed E-state index contributed by atoms with van der Waals surface area (Å²) in [5.74, 6) is -0.510. The first-order chi connectivity index (χ1) is 8.28. The van der Waals surface area contributed by atoms with E-state index in [9.17, 15) is 22.0 Å². The van der Waals surface area contributed by atoms with E-state index in [1.54, 1.807) is 0 Å². The van der Waals surface area contributed by atoms with Crippen LogP contribution in [0.4, 0.5) is 22.0 Å². The second-order valence-electron chi connectivity index (χ2n) is 3.32. The molecule has 0 fully saturated rings. The van der Waals surface area contributed by atoms with Crippen LogP contribution in [0, 0.1) is 0 Å². The van der Waals surface area contributed by atoms with Crippen LogP contribution in [0.3, 0.4) is 0 Å². The first-order valence-corrected chi connectivity index (χ1v) is 4.70. The van der Waals surface area contributed by atoms with Gasteiger partial charge in [-0.25, -0.2) is 8.78 Å². The van der Waals surface area contributed by atoms with E-state index in [1.165, 1.54) is 0 Å². The minimum atomic E-state index is -4.47. The van der Waals surface area contributed by atoms with Crippen LogP contribution >= 0.6 is 0 Å². The minimum absolute atomic E-state index is 0.212. The molecule has 0 aromatic carbocycles. The van der Waals surface area contributed by atoms with Crippen molar-refractivity contribution in [1.82, 2.24) is 10.1 Å². The van der Waals surface area contributed by atoms with E-state index in [1.807, 2.05) is 0 Å². The molecule has 10 heteroatoms. The Morgan fingerprint density at radius 3 is 2.56 bits per heavy atom. The smallest absolute Gasteiger partial charge is 0.387 e. The van der Waals surface area contributed by atoms with Crippen molar-refractivity contribution in [2.24, 2.45) is 0 Å². The van der Waals surface area contributed by atoms with Crippen molar-refractivity contribution in [3.8, 4) is 0 Å². The predicted octanol–water partition coefficient (Wildman–Crippen LogP) is 1.32. The van der Waals surface area contributed by atoms with E-state index in [4.69, 9.17) is 5.11 Å². The van der Waals surface area contributed by atoms with Gasteiger partial charge < -0.3 is 14.4 Å². The number of ether oxygens (including phenoxy) is 1. The number of rotatable bonds is 6. The lowest BCUT2D eigenvalue weighted by Crippen LogP contribution is -2.20. The second-order valence-corrected chi connectivity index (χ2v) is 3.32. The SMILES string of the molecule is OC(Cc1nc(COCC(F)(F)F)no1)C(F)F. The zero-order chi connectivity index (χ0) is 13.8. The number of aromatic nitrogens is 2. The third-order valence-corrected chi connectivity index (χ3v) is 1.68. The molecule has 0 spiro atoms. The highest BCUT2D eigenvalue weighted by atomic mass is 19.4. The molecule has 104 valence electrons. The summed E-state index contributed by atoms with van der Waals surface area (Å²) in [7, 11) is 0. The molecule has 0 saturated heterocycles. The zero-order valence-electron chi connectivity index (χ0n) is 8.82. The van der Waals surface area contributed by atoms with Gasteiger partial charge in [0, 0.05) is 0 Å². The molecule has 5 nitrogen and oxygen atoms in total. The summed E-state index contributed by atoms with van der Waals surface area (Å²) in [6, 6.07) is 0. The van der Waals surface area contributed by atoms with Crippen LogP contribution < -0.4 is 0 Å². The van der Waals surface area contributed by atoms with Crippen LogP contribution in [-0.4, -0.2) is 40.6 Å². The third kappa shape index (κ3) is 5.36. The Morgan fingerprint density at radius 2 is 2.00 bits per heavy atom. The summed E-state index contributed by atoms with van der Waals surface area (Å²) in [6.45, 7) is -2.04. The molecular weight excluding hydrogens is 267 g/mol. The molecule has 0 bridgehead atoms. The molecular formula is C8H9F5N2O3. The highest BCUT2D eigenvalue weighted by Crippen LogP contribution is 2.15. The summed E-state index contributed by atoms with van der Waals surface area (Å²) in [6.07, 6.45) is -9.99. The number of nitrogens with zero attached hydrogens (tertiary/aromatic N) is 2. The van der Waals surface area contributed by atoms with Crippen molar-refractivity contribution in [3.05, 3.63) is 11.7 Å². The van der Waals surface area contributed by atoms with E-state index < -0.39 is 38.3 Å². The van der Waals surface area contributed by atoms with Crippen LogP contribution in [0.15, 0.2) is 4.52 Å². The predicted molar refractivity (Wildman–Crippen MR) is 45.7 cm³/mol. The Morgan fingerprint density at radius 1 is 1.33 bits per heavy atom. The molecule has 0 amide bonds. The maximum atomic E-state index is 12.0. The molecule has 0 saturated carbocycles. The lowest BCUT2D eigenvalue weighted by Gasteiger charge is -2.05. The standard InChI is InChI=1S/C8H9F5N2O3/c9-7(10)4(16)1-6-14-5(15-18-6)2-17-3-8(11,12)13/h4,7,16H,1-3H2. The molecule has 0 aliphatic heterocycles. The van der Waals surface area contributed by atoms with Crippen molar-refractivity contribution in [2.75, 3.05) is 6.61 Å². The Labute approximate surface area is 97.5 Å².